The number of hydrogen-bond donors (Lipinski definition) is 0. The summed E-state index contributed by atoms with van der Waals surface area (Å²) < 4.78 is 2.72. The molecule has 0 aliphatic carbocycles. The van der Waals surface area contributed by atoms with Crippen molar-refractivity contribution >= 4 is 39.0 Å². The Morgan fingerprint density at radius 1 is 1.40 bits per heavy atom. The molecule has 0 saturated heterocycles. The molecule has 0 aliphatic rings. The molecule has 0 bridgehead atoms. The summed E-state index contributed by atoms with van der Waals surface area (Å²) >= 11 is 6.71. The number of hydrogen-bond acceptors (Lipinski definition) is 6. The van der Waals surface area contributed by atoms with Crippen LogP contribution >= 0.6 is 39.0 Å². The lowest BCUT2D eigenvalue weighted by Gasteiger charge is -1.97. The Kier molecular flexibility index (Phi) is 4.13. The predicted molar refractivity (Wildman–Crippen MR) is 83.6 cm³/mol. The van der Waals surface area contributed by atoms with Gasteiger partial charge < -0.3 is 0 Å². The van der Waals surface area contributed by atoms with Gasteiger partial charge in [0, 0.05) is 28.2 Å². The molecule has 0 amide bonds. The summed E-state index contributed by atoms with van der Waals surface area (Å²) in [6.45, 7) is 0. The van der Waals surface area contributed by atoms with E-state index in [4.69, 9.17) is 0 Å². The average molecular weight is 368 g/mol. The molecule has 2 aromatic heterocycles. The molecule has 0 N–H and O–H groups in total. The van der Waals surface area contributed by atoms with Crippen molar-refractivity contribution in [3.63, 3.8) is 0 Å². The van der Waals surface area contributed by atoms with Crippen molar-refractivity contribution in [1.82, 2.24) is 25.2 Å². The van der Waals surface area contributed by atoms with Crippen LogP contribution in [-0.2, 0) is 12.8 Å². The van der Waals surface area contributed by atoms with Crippen molar-refractivity contribution in [3.8, 4) is 10.6 Å². The topological polar surface area (TPSA) is 56.5 Å². The Balaban J connectivity index is 1.72. The zero-order valence-corrected chi connectivity index (χ0v) is 13.7. The van der Waals surface area contributed by atoms with Crippen LogP contribution in [0.25, 0.3) is 10.6 Å². The quantitative estimate of drug-likeness (QED) is 0.661. The standard InChI is InChI=1S/C12H10BrN5S2/c1-18-12(15-16-17-18)20-7-10-6-19-11(14-10)8-3-2-4-9(13)5-8/h2-6H,7H2,1H3. The van der Waals surface area contributed by atoms with Crippen LogP contribution in [0.2, 0.25) is 0 Å². The van der Waals surface area contributed by atoms with Crippen LogP contribution in [0.1, 0.15) is 5.69 Å². The molecular weight excluding hydrogens is 358 g/mol. The lowest BCUT2D eigenvalue weighted by atomic mass is 10.2. The third kappa shape index (κ3) is 3.08. The second-order valence-electron chi connectivity index (χ2n) is 4.03. The van der Waals surface area contributed by atoms with E-state index in [1.54, 1.807) is 27.8 Å². The van der Waals surface area contributed by atoms with E-state index in [9.17, 15) is 0 Å². The summed E-state index contributed by atoms with van der Waals surface area (Å²) in [5.74, 6) is 0.763. The molecule has 0 spiro atoms. The van der Waals surface area contributed by atoms with Gasteiger partial charge in [0.2, 0.25) is 5.16 Å². The van der Waals surface area contributed by atoms with Gasteiger partial charge in [0.05, 0.1) is 5.69 Å². The fourth-order valence-corrected chi connectivity index (χ4v) is 3.67. The van der Waals surface area contributed by atoms with Crippen molar-refractivity contribution in [2.45, 2.75) is 10.9 Å². The number of tetrazole rings is 1. The van der Waals surface area contributed by atoms with Crippen LogP contribution in [0.3, 0.4) is 0 Å². The highest BCUT2D eigenvalue weighted by molar-refractivity contribution is 9.10. The van der Waals surface area contributed by atoms with Crippen LogP contribution in [0.4, 0.5) is 0 Å². The van der Waals surface area contributed by atoms with Crippen molar-refractivity contribution < 1.29 is 0 Å². The highest BCUT2D eigenvalue weighted by Gasteiger charge is 2.08. The van der Waals surface area contributed by atoms with Gasteiger partial charge in [0.25, 0.3) is 0 Å². The van der Waals surface area contributed by atoms with Crippen LogP contribution in [0.5, 0.6) is 0 Å². The first kappa shape index (κ1) is 13.7. The molecule has 8 heteroatoms. The molecule has 0 atom stereocenters. The molecule has 0 fully saturated rings. The first-order valence-corrected chi connectivity index (χ1v) is 8.44. The molecule has 3 aromatic rings. The number of aromatic nitrogens is 5. The largest absolute Gasteiger partial charge is 0.240 e. The molecule has 3 rings (SSSR count). The van der Waals surface area contributed by atoms with Crippen molar-refractivity contribution in [2.75, 3.05) is 0 Å². The lowest BCUT2D eigenvalue weighted by Crippen LogP contribution is -1.93. The van der Waals surface area contributed by atoms with Gasteiger partial charge in [-0.15, -0.1) is 16.4 Å². The maximum Gasteiger partial charge on any atom is 0.209 e. The van der Waals surface area contributed by atoms with E-state index in [1.807, 2.05) is 19.2 Å². The van der Waals surface area contributed by atoms with Crippen LogP contribution in [0.15, 0.2) is 39.3 Å². The van der Waals surface area contributed by atoms with E-state index in [-0.39, 0.29) is 0 Å². The minimum atomic E-state index is 0.763. The molecule has 0 unspecified atom stereocenters. The third-order valence-electron chi connectivity index (χ3n) is 2.55. The second kappa shape index (κ2) is 6.02. The summed E-state index contributed by atoms with van der Waals surface area (Å²) in [5, 5.41) is 15.3. The van der Waals surface area contributed by atoms with Gasteiger partial charge in [-0.2, -0.15) is 0 Å². The number of rotatable bonds is 4. The Bertz CT molecular complexity index is 724. The van der Waals surface area contributed by atoms with Crippen molar-refractivity contribution in [2.24, 2.45) is 7.05 Å². The Hall–Kier alpha value is -1.25. The summed E-state index contributed by atoms with van der Waals surface area (Å²) in [6.07, 6.45) is 0. The third-order valence-corrected chi connectivity index (χ3v) is 5.03. The molecule has 0 radical (unpaired) electrons. The molecule has 102 valence electrons. The summed E-state index contributed by atoms with van der Waals surface area (Å²) in [7, 11) is 1.83. The summed E-state index contributed by atoms with van der Waals surface area (Å²) in [6, 6.07) is 8.16. The average Bonchev–Trinajstić information content (AvgIpc) is 3.05. The number of benzene rings is 1. The first-order chi connectivity index (χ1) is 9.72. The molecule has 2 heterocycles. The van der Waals surface area contributed by atoms with Crippen LogP contribution < -0.4 is 0 Å². The molecular formula is C12H10BrN5S2. The van der Waals surface area contributed by atoms with Crippen molar-refractivity contribution in [3.05, 3.63) is 39.8 Å². The number of aryl methyl sites for hydroxylation is 1. The fourth-order valence-electron chi connectivity index (χ4n) is 1.61. The zero-order valence-electron chi connectivity index (χ0n) is 10.5. The highest BCUT2D eigenvalue weighted by atomic mass is 79.9. The minimum absolute atomic E-state index is 0.763. The number of thiazole rings is 1. The molecule has 5 nitrogen and oxygen atoms in total. The van der Waals surface area contributed by atoms with E-state index >= 15 is 0 Å². The Morgan fingerprint density at radius 3 is 3.05 bits per heavy atom. The smallest absolute Gasteiger partial charge is 0.209 e. The molecule has 1 aromatic carbocycles. The van der Waals surface area contributed by atoms with Gasteiger partial charge in [0.1, 0.15) is 5.01 Å². The summed E-state index contributed by atoms with van der Waals surface area (Å²) in [4.78, 5) is 4.65. The van der Waals surface area contributed by atoms with Gasteiger partial charge in [-0.05, 0) is 22.6 Å². The fraction of sp³-hybridized carbons (Fsp3) is 0.167. The zero-order chi connectivity index (χ0) is 13.9. The monoisotopic (exact) mass is 367 g/mol. The first-order valence-electron chi connectivity index (χ1n) is 5.78. The normalized spacial score (nSPS) is 10.9. The van der Waals surface area contributed by atoms with E-state index in [0.29, 0.717) is 0 Å². The summed E-state index contributed by atoms with van der Waals surface area (Å²) in [5.41, 5.74) is 2.17. The number of thioether (sulfide) groups is 1. The molecule has 0 aliphatic heterocycles. The van der Waals surface area contributed by atoms with Crippen LogP contribution in [0, 0.1) is 0 Å². The molecule has 20 heavy (non-hydrogen) atoms. The lowest BCUT2D eigenvalue weighted by molar-refractivity contribution is 0.664. The van der Waals surface area contributed by atoms with Gasteiger partial charge in [-0.1, -0.05) is 39.8 Å². The van der Waals surface area contributed by atoms with Gasteiger partial charge in [0.15, 0.2) is 0 Å². The molecule has 0 saturated carbocycles. The van der Waals surface area contributed by atoms with Gasteiger partial charge in [-0.3, -0.25) is 0 Å². The Morgan fingerprint density at radius 2 is 2.30 bits per heavy atom. The minimum Gasteiger partial charge on any atom is -0.240 e. The maximum absolute atomic E-state index is 4.65. The maximum atomic E-state index is 4.65. The van der Waals surface area contributed by atoms with Crippen LogP contribution in [-0.4, -0.2) is 25.2 Å². The predicted octanol–water partition coefficient (Wildman–Crippen LogP) is 3.39. The highest BCUT2D eigenvalue weighted by Crippen LogP contribution is 2.28. The van der Waals surface area contributed by atoms with E-state index < -0.39 is 0 Å². The van der Waals surface area contributed by atoms with Gasteiger partial charge in [-0.25, -0.2) is 9.67 Å². The number of nitrogens with zero attached hydrogens (tertiary/aromatic N) is 5. The van der Waals surface area contributed by atoms with E-state index in [1.165, 1.54) is 0 Å². The SMILES string of the molecule is Cn1nnnc1SCc1csc(-c2cccc(Br)c2)n1. The van der Waals surface area contributed by atoms with E-state index in [2.05, 4.69) is 54.0 Å². The number of halogens is 1. The Labute approximate surface area is 132 Å². The van der Waals surface area contributed by atoms with Gasteiger partial charge >= 0.3 is 0 Å². The van der Waals surface area contributed by atoms with Crippen molar-refractivity contribution in [1.29, 1.82) is 0 Å². The van der Waals surface area contributed by atoms with E-state index in [0.717, 1.165) is 31.6 Å². The second-order valence-corrected chi connectivity index (χ2v) is 6.74.